The zero-order chi connectivity index (χ0) is 17.7. The van der Waals surface area contributed by atoms with Crippen LogP contribution < -0.4 is 5.32 Å². The fourth-order valence-corrected chi connectivity index (χ4v) is 3.04. The molecule has 0 spiro atoms. The number of thioether (sulfide) groups is 1. The van der Waals surface area contributed by atoms with Crippen LogP contribution in [0.2, 0.25) is 0 Å². The molecular weight excluding hydrogens is 322 g/mol. The van der Waals surface area contributed by atoms with Crippen LogP contribution in [0.4, 0.5) is 5.69 Å². The summed E-state index contributed by atoms with van der Waals surface area (Å²) in [7, 11) is 0. The molecule has 0 fully saturated rings. The number of para-hydroxylation sites is 1. The van der Waals surface area contributed by atoms with Gasteiger partial charge in [0.05, 0.1) is 22.2 Å². The van der Waals surface area contributed by atoms with Crippen LogP contribution in [0.15, 0.2) is 29.3 Å². The van der Waals surface area contributed by atoms with Gasteiger partial charge in [-0.3, -0.25) is 4.79 Å². The first kappa shape index (κ1) is 17.5. The third kappa shape index (κ3) is 3.89. The van der Waals surface area contributed by atoms with Crippen molar-refractivity contribution in [2.45, 2.75) is 31.0 Å². The molecule has 2 aromatic rings. The number of hydrogen-bond donors (Lipinski definition) is 1. The summed E-state index contributed by atoms with van der Waals surface area (Å²) in [6.45, 7) is 5.21. The number of aryl methyl sites for hydroxylation is 2. The van der Waals surface area contributed by atoms with Gasteiger partial charge in [-0.1, -0.05) is 23.9 Å². The SMILES string of the molecule is Cc1nc(C)c(C#N)c(SC(C)C(=O)Nc2ccccc2C#N)n1. The zero-order valence-corrected chi connectivity index (χ0v) is 14.3. The van der Waals surface area contributed by atoms with Gasteiger partial charge in [-0.25, -0.2) is 9.97 Å². The molecule has 6 nitrogen and oxygen atoms in total. The average molecular weight is 337 g/mol. The smallest absolute Gasteiger partial charge is 0.237 e. The molecule has 1 aromatic carbocycles. The first-order valence-corrected chi connectivity index (χ1v) is 8.06. The predicted molar refractivity (Wildman–Crippen MR) is 91.3 cm³/mol. The summed E-state index contributed by atoms with van der Waals surface area (Å²) in [5.74, 6) is 0.289. The Morgan fingerprint density at radius 3 is 2.58 bits per heavy atom. The Hall–Kier alpha value is -2.90. The Labute approximate surface area is 144 Å². The number of aromatic nitrogens is 2. The number of amides is 1. The molecule has 0 saturated carbocycles. The summed E-state index contributed by atoms with van der Waals surface area (Å²) in [6, 6.07) is 10.9. The highest BCUT2D eigenvalue weighted by Gasteiger charge is 2.20. The Kier molecular flexibility index (Phi) is 5.51. The zero-order valence-electron chi connectivity index (χ0n) is 13.5. The molecule has 2 rings (SSSR count). The van der Waals surface area contributed by atoms with Crippen LogP contribution in [0, 0.1) is 36.5 Å². The van der Waals surface area contributed by atoms with Gasteiger partial charge in [0.15, 0.2) is 0 Å². The molecule has 1 atom stereocenters. The van der Waals surface area contributed by atoms with Crippen LogP contribution >= 0.6 is 11.8 Å². The molecule has 0 bridgehead atoms. The number of nitriles is 2. The lowest BCUT2D eigenvalue weighted by Crippen LogP contribution is -2.23. The minimum absolute atomic E-state index is 0.263. The van der Waals surface area contributed by atoms with Crippen LogP contribution in [-0.4, -0.2) is 21.1 Å². The summed E-state index contributed by atoms with van der Waals surface area (Å²) in [5.41, 5.74) is 1.83. The summed E-state index contributed by atoms with van der Waals surface area (Å²) in [6.07, 6.45) is 0. The Bertz CT molecular complexity index is 866. The number of carbonyl (C=O) groups excluding carboxylic acids is 1. The van der Waals surface area contributed by atoms with Gasteiger partial charge in [0.25, 0.3) is 0 Å². The number of benzene rings is 1. The molecule has 1 unspecified atom stereocenters. The van der Waals surface area contributed by atoms with E-state index in [9.17, 15) is 10.1 Å². The maximum absolute atomic E-state index is 12.4. The van der Waals surface area contributed by atoms with Crippen molar-refractivity contribution >= 4 is 23.4 Å². The fourth-order valence-electron chi connectivity index (χ4n) is 2.04. The molecule has 24 heavy (non-hydrogen) atoms. The van der Waals surface area contributed by atoms with Crippen molar-refractivity contribution < 1.29 is 4.79 Å². The predicted octanol–water partition coefficient (Wildman–Crippen LogP) is 2.96. The standard InChI is InChI=1S/C17H15N5OS/c1-10-14(9-19)17(21-12(3)20-10)24-11(2)16(23)22-15-7-5-4-6-13(15)8-18/h4-7,11H,1-3H3,(H,22,23). The molecule has 7 heteroatoms. The van der Waals surface area contributed by atoms with Gasteiger partial charge in [0.1, 0.15) is 28.6 Å². The van der Waals surface area contributed by atoms with E-state index in [1.165, 1.54) is 11.8 Å². The van der Waals surface area contributed by atoms with Crippen molar-refractivity contribution in [2.75, 3.05) is 5.32 Å². The van der Waals surface area contributed by atoms with Gasteiger partial charge < -0.3 is 5.32 Å². The topological polar surface area (TPSA) is 102 Å². The maximum atomic E-state index is 12.4. The van der Waals surface area contributed by atoms with E-state index < -0.39 is 5.25 Å². The van der Waals surface area contributed by atoms with Gasteiger partial charge in [-0.2, -0.15) is 10.5 Å². The van der Waals surface area contributed by atoms with Crippen LogP contribution in [-0.2, 0) is 4.79 Å². The van der Waals surface area contributed by atoms with E-state index in [1.807, 2.05) is 6.07 Å². The van der Waals surface area contributed by atoms with E-state index in [2.05, 4.69) is 21.4 Å². The van der Waals surface area contributed by atoms with Crippen molar-refractivity contribution in [3.8, 4) is 12.1 Å². The van der Waals surface area contributed by atoms with Crippen molar-refractivity contribution in [3.63, 3.8) is 0 Å². The second kappa shape index (κ2) is 7.58. The Balaban J connectivity index is 2.19. The van der Waals surface area contributed by atoms with E-state index in [0.717, 1.165) is 0 Å². The quantitative estimate of drug-likeness (QED) is 0.679. The normalized spacial score (nSPS) is 11.2. The van der Waals surface area contributed by atoms with Crippen LogP contribution in [0.1, 0.15) is 29.6 Å². The molecule has 0 radical (unpaired) electrons. The highest BCUT2D eigenvalue weighted by atomic mass is 32.2. The summed E-state index contributed by atoms with van der Waals surface area (Å²) >= 11 is 1.20. The monoisotopic (exact) mass is 337 g/mol. The third-order valence-electron chi connectivity index (χ3n) is 3.24. The molecule has 1 heterocycles. The highest BCUT2D eigenvalue weighted by molar-refractivity contribution is 8.00. The summed E-state index contributed by atoms with van der Waals surface area (Å²) in [5, 5.41) is 21.1. The molecule has 0 aliphatic heterocycles. The molecule has 120 valence electrons. The molecule has 0 saturated heterocycles. The Morgan fingerprint density at radius 1 is 1.21 bits per heavy atom. The lowest BCUT2D eigenvalue weighted by molar-refractivity contribution is -0.115. The van der Waals surface area contributed by atoms with E-state index in [1.54, 1.807) is 45.0 Å². The van der Waals surface area contributed by atoms with Crippen molar-refractivity contribution in [1.82, 2.24) is 9.97 Å². The molecule has 1 aromatic heterocycles. The first-order valence-electron chi connectivity index (χ1n) is 7.18. The van der Waals surface area contributed by atoms with Gasteiger partial charge in [0, 0.05) is 0 Å². The number of rotatable bonds is 4. The van der Waals surface area contributed by atoms with Crippen LogP contribution in [0.25, 0.3) is 0 Å². The molecule has 1 amide bonds. The largest absolute Gasteiger partial charge is 0.324 e. The Morgan fingerprint density at radius 2 is 1.92 bits per heavy atom. The first-order chi connectivity index (χ1) is 11.5. The molecule has 0 aliphatic carbocycles. The number of nitrogens with one attached hydrogen (secondary N) is 1. The number of carbonyl (C=O) groups is 1. The number of hydrogen-bond acceptors (Lipinski definition) is 6. The summed E-state index contributed by atoms with van der Waals surface area (Å²) < 4.78 is 0. The average Bonchev–Trinajstić information content (AvgIpc) is 2.55. The van der Waals surface area contributed by atoms with Crippen molar-refractivity contribution in [3.05, 3.63) is 46.9 Å². The van der Waals surface area contributed by atoms with E-state index in [-0.39, 0.29) is 5.91 Å². The van der Waals surface area contributed by atoms with Gasteiger partial charge >= 0.3 is 0 Å². The van der Waals surface area contributed by atoms with E-state index in [4.69, 9.17) is 5.26 Å². The molecule has 0 aliphatic rings. The van der Waals surface area contributed by atoms with E-state index >= 15 is 0 Å². The molecule has 1 N–H and O–H groups in total. The van der Waals surface area contributed by atoms with Gasteiger partial charge in [0.2, 0.25) is 5.91 Å². The number of anilines is 1. The minimum Gasteiger partial charge on any atom is -0.324 e. The van der Waals surface area contributed by atoms with Gasteiger partial charge in [-0.05, 0) is 32.9 Å². The maximum Gasteiger partial charge on any atom is 0.237 e. The van der Waals surface area contributed by atoms with Crippen molar-refractivity contribution in [2.24, 2.45) is 0 Å². The van der Waals surface area contributed by atoms with E-state index in [0.29, 0.717) is 33.4 Å². The minimum atomic E-state index is -0.488. The molecular formula is C17H15N5OS. The second-order valence-electron chi connectivity index (χ2n) is 5.05. The van der Waals surface area contributed by atoms with Gasteiger partial charge in [-0.15, -0.1) is 0 Å². The van der Waals surface area contributed by atoms with Crippen LogP contribution in [0.5, 0.6) is 0 Å². The summed E-state index contributed by atoms with van der Waals surface area (Å²) in [4.78, 5) is 20.8. The second-order valence-corrected chi connectivity index (χ2v) is 6.38. The lowest BCUT2D eigenvalue weighted by atomic mass is 10.2. The number of nitrogens with zero attached hydrogens (tertiary/aromatic N) is 4. The third-order valence-corrected chi connectivity index (χ3v) is 4.33. The lowest BCUT2D eigenvalue weighted by Gasteiger charge is -2.13. The van der Waals surface area contributed by atoms with Crippen LogP contribution in [0.3, 0.4) is 0 Å². The van der Waals surface area contributed by atoms with Crippen molar-refractivity contribution in [1.29, 1.82) is 10.5 Å². The highest BCUT2D eigenvalue weighted by Crippen LogP contribution is 2.27. The fraction of sp³-hybridized carbons (Fsp3) is 0.235.